The van der Waals surface area contributed by atoms with Gasteiger partial charge in [-0.05, 0) is 44.1 Å². The molecule has 0 radical (unpaired) electrons. The topological polar surface area (TPSA) is 63.2 Å². The average Bonchev–Trinajstić information content (AvgIpc) is 3.07. The number of aryl methyl sites for hydroxylation is 1. The molecule has 1 saturated heterocycles. The minimum atomic E-state index is 0.0124. The Morgan fingerprint density at radius 2 is 2.15 bits per heavy atom. The lowest BCUT2D eigenvalue weighted by Gasteiger charge is -2.32. The van der Waals surface area contributed by atoms with E-state index in [4.69, 9.17) is 0 Å². The predicted molar refractivity (Wildman–Crippen MR) is 75.7 cm³/mol. The minimum Gasteiger partial charge on any atom is -0.334 e. The van der Waals surface area contributed by atoms with Gasteiger partial charge in [0, 0.05) is 24.9 Å². The fourth-order valence-corrected chi connectivity index (χ4v) is 4.05. The van der Waals surface area contributed by atoms with Crippen molar-refractivity contribution in [1.29, 1.82) is 0 Å². The summed E-state index contributed by atoms with van der Waals surface area (Å²) in [4.78, 5) is 27.3. The van der Waals surface area contributed by atoms with Crippen molar-refractivity contribution in [3.63, 3.8) is 0 Å². The minimum absolute atomic E-state index is 0.0124. The number of carbonyl (C=O) groups excluding carboxylic acids is 2. The van der Waals surface area contributed by atoms with Gasteiger partial charge in [0.1, 0.15) is 10.7 Å². The van der Waals surface area contributed by atoms with Crippen molar-refractivity contribution >= 4 is 23.2 Å². The van der Waals surface area contributed by atoms with Crippen LogP contribution in [0.5, 0.6) is 0 Å². The van der Waals surface area contributed by atoms with Gasteiger partial charge in [-0.2, -0.15) is 0 Å². The Bertz CT molecular complexity index is 528. The molecule has 2 unspecified atom stereocenters. The summed E-state index contributed by atoms with van der Waals surface area (Å²) in [6, 6.07) is 0.0943. The van der Waals surface area contributed by atoms with Gasteiger partial charge in [0.25, 0.3) is 5.91 Å². The number of amides is 1. The highest BCUT2D eigenvalue weighted by molar-refractivity contribution is 7.07. The lowest BCUT2D eigenvalue weighted by atomic mass is 9.82. The van der Waals surface area contributed by atoms with Crippen LogP contribution in [0.15, 0.2) is 0 Å². The molecule has 20 heavy (non-hydrogen) atoms. The normalized spacial score (nSPS) is 27.1. The zero-order valence-electron chi connectivity index (χ0n) is 11.7. The number of hydrogen-bond donors (Lipinski definition) is 0. The van der Waals surface area contributed by atoms with Crippen LogP contribution in [0, 0.1) is 12.8 Å². The van der Waals surface area contributed by atoms with E-state index in [1.807, 2.05) is 11.8 Å². The summed E-state index contributed by atoms with van der Waals surface area (Å²) in [7, 11) is 0. The maximum absolute atomic E-state index is 12.6. The van der Waals surface area contributed by atoms with E-state index >= 15 is 0 Å². The van der Waals surface area contributed by atoms with E-state index in [9.17, 15) is 9.59 Å². The van der Waals surface area contributed by atoms with Gasteiger partial charge in [0.15, 0.2) is 0 Å². The van der Waals surface area contributed by atoms with Gasteiger partial charge in [-0.3, -0.25) is 9.59 Å². The second-order valence-electron chi connectivity index (χ2n) is 5.71. The molecule has 0 spiro atoms. The summed E-state index contributed by atoms with van der Waals surface area (Å²) in [5, 5.41) is 3.92. The summed E-state index contributed by atoms with van der Waals surface area (Å²) in [5.74, 6) is 0.412. The quantitative estimate of drug-likeness (QED) is 0.838. The Hall–Kier alpha value is -1.30. The highest BCUT2D eigenvalue weighted by Gasteiger charge is 2.39. The van der Waals surface area contributed by atoms with Crippen molar-refractivity contribution in [2.24, 2.45) is 5.92 Å². The number of ketones is 1. The Morgan fingerprint density at radius 3 is 2.85 bits per heavy atom. The second kappa shape index (κ2) is 5.60. The van der Waals surface area contributed by atoms with E-state index in [1.54, 1.807) is 0 Å². The molecule has 1 saturated carbocycles. The zero-order valence-corrected chi connectivity index (χ0v) is 12.5. The third-order valence-corrected chi connectivity index (χ3v) is 5.29. The number of likely N-dealkylation sites (tertiary alicyclic amines) is 1. The molecule has 108 valence electrons. The zero-order chi connectivity index (χ0) is 14.1. The van der Waals surface area contributed by atoms with Crippen molar-refractivity contribution < 1.29 is 9.59 Å². The van der Waals surface area contributed by atoms with Gasteiger partial charge in [0.2, 0.25) is 0 Å². The van der Waals surface area contributed by atoms with E-state index in [1.165, 1.54) is 0 Å². The van der Waals surface area contributed by atoms with Crippen LogP contribution < -0.4 is 0 Å². The lowest BCUT2D eigenvalue weighted by Crippen LogP contribution is -2.43. The molecular weight excluding hydrogens is 274 g/mol. The molecule has 1 aromatic rings. The van der Waals surface area contributed by atoms with Crippen LogP contribution in [-0.2, 0) is 4.79 Å². The first kappa shape index (κ1) is 13.7. The average molecular weight is 293 g/mol. The third-order valence-electron chi connectivity index (χ3n) is 4.47. The van der Waals surface area contributed by atoms with Crippen LogP contribution in [0.3, 0.4) is 0 Å². The summed E-state index contributed by atoms with van der Waals surface area (Å²) in [5.41, 5.74) is 0.695. The highest BCUT2D eigenvalue weighted by atomic mass is 32.1. The SMILES string of the molecule is Cc1nnsc1C(=O)N1CCCC1C1CCCCC1=O. The Balaban J connectivity index is 1.80. The molecule has 1 amide bonds. The second-order valence-corrected chi connectivity index (χ2v) is 6.47. The van der Waals surface area contributed by atoms with E-state index in [-0.39, 0.29) is 17.9 Å². The van der Waals surface area contributed by atoms with Crippen LogP contribution in [0.2, 0.25) is 0 Å². The number of aromatic nitrogens is 2. The van der Waals surface area contributed by atoms with Gasteiger partial charge < -0.3 is 4.90 Å². The van der Waals surface area contributed by atoms with Gasteiger partial charge in [-0.1, -0.05) is 10.9 Å². The van der Waals surface area contributed by atoms with Crippen LogP contribution in [0.4, 0.5) is 0 Å². The van der Waals surface area contributed by atoms with Crippen LogP contribution in [-0.4, -0.2) is 38.8 Å². The molecule has 0 N–H and O–H groups in total. The Labute approximate surface area is 122 Å². The number of hydrogen-bond acceptors (Lipinski definition) is 5. The number of rotatable bonds is 2. The van der Waals surface area contributed by atoms with Crippen molar-refractivity contribution in [3.8, 4) is 0 Å². The standard InChI is InChI=1S/C14H19N3O2S/c1-9-13(20-16-15-9)14(19)17-8-4-6-11(17)10-5-2-3-7-12(10)18/h10-11H,2-8H2,1H3. The Morgan fingerprint density at radius 1 is 1.30 bits per heavy atom. The lowest BCUT2D eigenvalue weighted by molar-refractivity contribution is -0.126. The predicted octanol–water partition coefficient (Wildman–Crippen LogP) is 2.21. The van der Waals surface area contributed by atoms with Crippen molar-refractivity contribution in [2.45, 2.75) is 51.5 Å². The fraction of sp³-hybridized carbons (Fsp3) is 0.714. The summed E-state index contributed by atoms with van der Waals surface area (Å²) >= 11 is 1.16. The third kappa shape index (κ3) is 2.37. The van der Waals surface area contributed by atoms with E-state index in [0.29, 0.717) is 22.8 Å². The van der Waals surface area contributed by atoms with Gasteiger partial charge in [-0.25, -0.2) is 0 Å². The van der Waals surface area contributed by atoms with Gasteiger partial charge in [-0.15, -0.1) is 5.10 Å². The monoisotopic (exact) mass is 293 g/mol. The molecule has 2 heterocycles. The maximum Gasteiger partial charge on any atom is 0.267 e. The molecule has 0 bridgehead atoms. The highest BCUT2D eigenvalue weighted by Crippen LogP contribution is 2.33. The smallest absolute Gasteiger partial charge is 0.267 e. The molecule has 0 aromatic carbocycles. The van der Waals surface area contributed by atoms with Crippen LogP contribution in [0.1, 0.15) is 53.9 Å². The fourth-order valence-electron chi connectivity index (χ4n) is 3.44. The summed E-state index contributed by atoms with van der Waals surface area (Å²) in [6.45, 7) is 2.57. The van der Waals surface area contributed by atoms with E-state index < -0.39 is 0 Å². The van der Waals surface area contributed by atoms with Crippen molar-refractivity contribution in [1.82, 2.24) is 14.5 Å². The molecular formula is C14H19N3O2S. The van der Waals surface area contributed by atoms with Gasteiger partial charge >= 0.3 is 0 Å². The first-order valence-corrected chi connectivity index (χ1v) is 8.08. The number of nitrogens with zero attached hydrogens (tertiary/aromatic N) is 3. The van der Waals surface area contributed by atoms with Crippen LogP contribution in [0.25, 0.3) is 0 Å². The molecule has 1 aromatic heterocycles. The van der Waals surface area contributed by atoms with E-state index in [0.717, 1.165) is 50.2 Å². The first-order chi connectivity index (χ1) is 9.68. The van der Waals surface area contributed by atoms with Crippen molar-refractivity contribution in [2.75, 3.05) is 6.54 Å². The summed E-state index contributed by atoms with van der Waals surface area (Å²) < 4.78 is 3.84. The molecule has 3 rings (SSSR count). The Kier molecular flexibility index (Phi) is 3.83. The largest absolute Gasteiger partial charge is 0.334 e. The molecule has 2 fully saturated rings. The maximum atomic E-state index is 12.6. The van der Waals surface area contributed by atoms with Crippen molar-refractivity contribution in [3.05, 3.63) is 10.6 Å². The molecule has 1 aliphatic carbocycles. The molecule has 2 aliphatic rings. The molecule has 6 heteroatoms. The molecule has 1 aliphatic heterocycles. The number of carbonyl (C=O) groups is 2. The molecule has 5 nitrogen and oxygen atoms in total. The molecule has 2 atom stereocenters. The summed E-state index contributed by atoms with van der Waals surface area (Å²) in [6.07, 6.45) is 5.68. The van der Waals surface area contributed by atoms with Crippen LogP contribution >= 0.6 is 11.5 Å². The van der Waals surface area contributed by atoms with E-state index in [2.05, 4.69) is 9.59 Å². The van der Waals surface area contributed by atoms with Gasteiger partial charge in [0.05, 0.1) is 5.69 Å². The first-order valence-electron chi connectivity index (χ1n) is 7.31. The number of Topliss-reactive ketones (excluding diaryl/α,β-unsaturated/α-hetero) is 1.